The fourth-order valence-electron chi connectivity index (χ4n) is 14.7. The van der Waals surface area contributed by atoms with Crippen molar-refractivity contribution < 1.29 is 106 Å². The minimum atomic E-state index is -1.95. The summed E-state index contributed by atoms with van der Waals surface area (Å²) in [5, 5.41) is 67.9. The smallest absolute Gasteiger partial charge is 0.251 e. The lowest BCUT2D eigenvalue weighted by Crippen LogP contribution is -2.66. The van der Waals surface area contributed by atoms with Crippen LogP contribution >= 0.6 is 0 Å². The van der Waals surface area contributed by atoms with E-state index >= 15 is 0 Å². The number of carbonyl (C=O) groups excluding carboxylic acids is 20. The summed E-state index contributed by atoms with van der Waals surface area (Å²) < 4.78 is 0. The van der Waals surface area contributed by atoms with Gasteiger partial charge in [0.1, 0.15) is 87.1 Å². The van der Waals surface area contributed by atoms with Crippen molar-refractivity contribution in [3.8, 4) is 0 Å². The summed E-state index contributed by atoms with van der Waals surface area (Å²) in [7, 11) is 0. The van der Waals surface area contributed by atoms with Gasteiger partial charge in [-0.2, -0.15) is 0 Å². The number of nitrogens with zero attached hydrogens (tertiary/aromatic N) is 2. The zero-order valence-corrected chi connectivity index (χ0v) is 83.1. The second kappa shape index (κ2) is 51.3. The van der Waals surface area contributed by atoms with E-state index in [0.29, 0.717) is 24.8 Å². The molecule has 3 rings (SSSR count). The zero-order valence-electron chi connectivity index (χ0n) is 83.1. The molecule has 2 saturated heterocycles. The fraction of sp³-hybridized carbons (Fsp3) is 0.717. The molecule has 0 spiro atoms. The van der Waals surface area contributed by atoms with Crippen molar-refractivity contribution in [1.82, 2.24) is 106 Å². The molecule has 0 aliphatic carbocycles. The number of rotatable bonds is 53. The fourth-order valence-corrected chi connectivity index (χ4v) is 14.7. The molecule has 0 bridgehead atoms. The van der Waals surface area contributed by atoms with E-state index in [1.54, 1.807) is 65.0 Å². The number of likely N-dealkylation sites (tertiary alicyclic amines) is 2. The van der Waals surface area contributed by atoms with Crippen LogP contribution in [0, 0.1) is 17.8 Å². The first-order valence-corrected chi connectivity index (χ1v) is 46.3. The van der Waals surface area contributed by atoms with Gasteiger partial charge in [0.15, 0.2) is 6.10 Å². The minimum Gasteiger partial charge on any atom is -0.395 e. The Morgan fingerprint density at radius 3 is 1.19 bits per heavy atom. The topological polar surface area (TPSA) is 605 Å². The number of amides is 20. The standard InChI is InChI=1S/C92H154N20O22/c1-26-90(23,81(131)96-43-40-67(117)100-61(50-54(8)9)73(123)107-91(24,27-2)82(132)110-87(17,18)79(129)101-59(48-52(4)5)71(121)94-41-38-65(115)93-44-47-113)106-72(122)60(49-53(6)7)99-66(116)39-42-95-77(127)68(118)85(13,14)104-69(119)55(10)97-76(126)64-37-33-46-112(64)84(134)92(25,28-3)108-74(124)62(51-58-34-30-29-31-35-58)102-78(128)86(15,16)109-80(130)88(19,20)105-70(120)56(11)98-75(125)63-36-32-45-111(63)83(133)89(21,22)103-57(12)114/h29-31,34-35,52-56,59-64,68,113,118H,26-28,32-33,36-51H2,1-25H3,(H,93,115)(H,94,121)(H,95,127)(H,96,131)(H,97,126)(H,98,125)(H,99,116)(H,100,117)(H,101,129)(H,102,128)(H,103,114)(H,104,119)(H,105,120)(H,106,122)(H,107,123)(H,108,124)(H,109,130)(H,110,132). The van der Waals surface area contributed by atoms with Crippen LogP contribution in [0.4, 0.5) is 0 Å². The van der Waals surface area contributed by atoms with E-state index in [2.05, 4.69) is 95.7 Å². The van der Waals surface area contributed by atoms with E-state index in [4.69, 9.17) is 5.11 Å². The first kappa shape index (κ1) is 117. The molecule has 2 aliphatic rings. The molecule has 2 fully saturated rings. The second-order valence-corrected chi connectivity index (χ2v) is 39.5. The Hall–Kier alpha value is -11.5. The van der Waals surface area contributed by atoms with Gasteiger partial charge in [-0.1, -0.05) is 92.6 Å². The van der Waals surface area contributed by atoms with Gasteiger partial charge in [0.25, 0.3) is 5.91 Å². The summed E-state index contributed by atoms with van der Waals surface area (Å²) in [6.45, 7) is 37.7. The third kappa shape index (κ3) is 35.7. The number of hydrogen-bond donors (Lipinski definition) is 20. The van der Waals surface area contributed by atoms with Crippen LogP contribution in [-0.4, -0.2) is 283 Å². The molecule has 42 heteroatoms. The van der Waals surface area contributed by atoms with E-state index in [1.807, 2.05) is 27.7 Å². The van der Waals surface area contributed by atoms with Gasteiger partial charge in [-0.05, 0) is 191 Å². The van der Waals surface area contributed by atoms with Crippen molar-refractivity contribution in [3.05, 3.63) is 35.9 Å². The number of carbonyl (C=O) groups is 20. The van der Waals surface area contributed by atoms with E-state index in [0.717, 1.165) is 0 Å². The summed E-state index contributed by atoms with van der Waals surface area (Å²) in [6, 6.07) is -0.817. The SMILES string of the molecule is CCC(C)(NC(=O)C(CC(C)C)NC(=O)CCNC(=O)C(O)C(C)(C)NC(=O)C(C)NC(=O)C1CCCN1C(=O)C(C)(CC)NC(=O)C(Cc1ccccc1)NC(=O)C(C)(C)NC(=O)C(C)(C)NC(=O)C(C)NC(=O)C1CCCN1C(=O)C(C)(C)NC(C)=O)C(=O)NCCC(=O)NC(CC(C)C)C(=O)NC(C)(CC)C(=O)NC(C)(C)C(=O)NC(CC(C)C)C(=O)NCCC(=O)NCCO. The predicted molar refractivity (Wildman–Crippen MR) is 497 cm³/mol. The van der Waals surface area contributed by atoms with Crippen LogP contribution in [0.3, 0.4) is 0 Å². The van der Waals surface area contributed by atoms with Crippen LogP contribution in [0.25, 0.3) is 0 Å². The van der Waals surface area contributed by atoms with E-state index < -0.39 is 223 Å². The number of hydrogen-bond acceptors (Lipinski definition) is 22. The Balaban J connectivity index is 1.61. The molecular weight excluding hydrogens is 1740 g/mol. The molecule has 2 aliphatic heterocycles. The molecule has 754 valence electrons. The largest absolute Gasteiger partial charge is 0.395 e. The molecule has 1 aromatic carbocycles. The molecule has 2 heterocycles. The molecule has 0 radical (unpaired) electrons. The Labute approximate surface area is 787 Å². The lowest BCUT2D eigenvalue weighted by atomic mass is 9.93. The molecule has 1 aromatic rings. The molecule has 134 heavy (non-hydrogen) atoms. The monoisotopic (exact) mass is 1890 g/mol. The van der Waals surface area contributed by atoms with Crippen LogP contribution in [0.5, 0.6) is 0 Å². The third-order valence-electron chi connectivity index (χ3n) is 23.6. The maximum Gasteiger partial charge on any atom is 0.251 e. The number of aliphatic hydroxyl groups excluding tert-OH is 2. The summed E-state index contributed by atoms with van der Waals surface area (Å²) >= 11 is 0. The number of benzene rings is 1. The molecule has 42 nitrogen and oxygen atoms in total. The maximum atomic E-state index is 14.8. The number of aliphatic hydroxyl groups is 2. The van der Waals surface area contributed by atoms with Crippen molar-refractivity contribution in [3.63, 3.8) is 0 Å². The van der Waals surface area contributed by atoms with Crippen molar-refractivity contribution >= 4 is 118 Å². The van der Waals surface area contributed by atoms with Crippen molar-refractivity contribution in [2.24, 2.45) is 17.8 Å². The normalized spacial score (nSPS) is 17.0. The van der Waals surface area contributed by atoms with Crippen LogP contribution < -0.4 is 95.7 Å². The predicted octanol–water partition coefficient (Wildman–Crippen LogP) is -1.37. The molecule has 20 amide bonds. The lowest BCUT2D eigenvalue weighted by Gasteiger charge is -2.37. The Morgan fingerprint density at radius 1 is 0.373 bits per heavy atom. The Bertz CT molecular complexity index is 4350. The van der Waals surface area contributed by atoms with Gasteiger partial charge < -0.3 is 116 Å². The maximum absolute atomic E-state index is 14.8. The third-order valence-corrected chi connectivity index (χ3v) is 23.6. The van der Waals surface area contributed by atoms with Gasteiger partial charge in [-0.25, -0.2) is 0 Å². The van der Waals surface area contributed by atoms with Crippen LogP contribution in [0.2, 0.25) is 0 Å². The average molecular weight is 1890 g/mol. The summed E-state index contributed by atoms with van der Waals surface area (Å²) in [5.41, 5.74) is -12.5. The molecule has 12 atom stereocenters. The highest BCUT2D eigenvalue weighted by molar-refractivity contribution is 6.03. The Morgan fingerprint density at radius 2 is 0.754 bits per heavy atom. The zero-order chi connectivity index (χ0) is 102. The van der Waals surface area contributed by atoms with Crippen LogP contribution in [0.15, 0.2) is 30.3 Å². The highest BCUT2D eigenvalue weighted by Gasteiger charge is 2.49. The molecule has 0 aromatic heterocycles. The highest BCUT2D eigenvalue weighted by atomic mass is 16.3. The summed E-state index contributed by atoms with van der Waals surface area (Å²) in [4.78, 5) is 277. The summed E-state index contributed by atoms with van der Waals surface area (Å²) in [6.07, 6.45) is -1.10. The second-order valence-electron chi connectivity index (χ2n) is 39.5. The molecule has 20 N–H and O–H groups in total. The molecule has 12 unspecified atom stereocenters. The molecular formula is C92H154N20O22. The van der Waals surface area contributed by atoms with Gasteiger partial charge in [-0.3, -0.25) is 95.9 Å². The van der Waals surface area contributed by atoms with E-state index in [1.165, 1.54) is 121 Å². The summed E-state index contributed by atoms with van der Waals surface area (Å²) in [5.74, 6) is -14.4. The van der Waals surface area contributed by atoms with Gasteiger partial charge in [0, 0.05) is 71.9 Å². The van der Waals surface area contributed by atoms with Gasteiger partial charge >= 0.3 is 0 Å². The van der Waals surface area contributed by atoms with Gasteiger partial charge in [0.2, 0.25) is 112 Å². The van der Waals surface area contributed by atoms with E-state index in [9.17, 15) is 101 Å². The quantitative estimate of drug-likeness (QED) is 0.0358. The first-order valence-electron chi connectivity index (χ1n) is 46.3. The average Bonchev–Trinajstić information content (AvgIpc) is 1.54. The minimum absolute atomic E-state index is 0.0186. The van der Waals surface area contributed by atoms with Crippen LogP contribution in [0.1, 0.15) is 262 Å². The lowest BCUT2D eigenvalue weighted by molar-refractivity contribution is -0.146. The van der Waals surface area contributed by atoms with Gasteiger partial charge in [0.05, 0.1) is 12.1 Å². The molecule has 0 saturated carbocycles. The van der Waals surface area contributed by atoms with Crippen molar-refractivity contribution in [1.29, 1.82) is 0 Å². The van der Waals surface area contributed by atoms with Crippen molar-refractivity contribution in [2.75, 3.05) is 45.9 Å². The first-order chi connectivity index (χ1) is 61.9. The van der Waals surface area contributed by atoms with E-state index in [-0.39, 0.29) is 128 Å². The van der Waals surface area contributed by atoms with Crippen LogP contribution in [-0.2, 0) is 102 Å². The Kier molecular flexibility index (Phi) is 44.7. The van der Waals surface area contributed by atoms with Crippen molar-refractivity contribution in [2.45, 2.75) is 362 Å². The number of nitrogens with one attached hydrogen (secondary N) is 18. The van der Waals surface area contributed by atoms with Gasteiger partial charge in [-0.15, -0.1) is 0 Å². The highest BCUT2D eigenvalue weighted by Crippen LogP contribution is 2.27.